The lowest BCUT2D eigenvalue weighted by atomic mass is 9.94. The number of hydrogen-bond acceptors (Lipinski definition) is 1. The zero-order valence-electron chi connectivity index (χ0n) is 24.8. The van der Waals surface area contributed by atoms with E-state index in [0.717, 1.165) is 0 Å². The minimum Gasteiger partial charge on any atom is -0.309 e. The number of hydrogen-bond donors (Lipinski definition) is 0. The summed E-state index contributed by atoms with van der Waals surface area (Å²) in [6, 6.07) is 56.4. The van der Waals surface area contributed by atoms with Gasteiger partial charge in [0.1, 0.15) is 0 Å². The summed E-state index contributed by atoms with van der Waals surface area (Å²) in [5, 5.41) is 10.5. The standard InChI is InChI=1S/C44H25NS/c1-2-9-30-26(8-1)18-23-39-44(30)38-25-42-37(33-12-5-6-15-41(33)46-42)24-40(38)45(39)28-19-16-27(17-20-28)29-21-22-36-32-11-4-3-10-31(32)35-14-7-13-34(29)43(35)36/h1-25H. The first-order valence-corrected chi connectivity index (χ1v) is 16.7. The lowest BCUT2D eigenvalue weighted by Gasteiger charge is -2.12. The number of nitrogens with zero attached hydrogens (tertiary/aromatic N) is 1. The van der Waals surface area contributed by atoms with Gasteiger partial charge in [-0.25, -0.2) is 0 Å². The molecular weight excluding hydrogens is 575 g/mol. The highest BCUT2D eigenvalue weighted by molar-refractivity contribution is 7.25. The normalized spacial score (nSPS) is 12.3. The van der Waals surface area contributed by atoms with Crippen molar-refractivity contribution >= 4 is 74.9 Å². The topological polar surface area (TPSA) is 4.93 Å². The third-order valence-electron chi connectivity index (χ3n) is 10.1. The van der Waals surface area contributed by atoms with E-state index < -0.39 is 0 Å². The fraction of sp³-hybridized carbons (Fsp3) is 0. The molecule has 0 saturated heterocycles. The highest BCUT2D eigenvalue weighted by Crippen LogP contribution is 2.49. The molecule has 8 aromatic carbocycles. The van der Waals surface area contributed by atoms with Crippen LogP contribution in [-0.4, -0.2) is 4.57 Å². The molecule has 2 heteroatoms. The maximum atomic E-state index is 2.47. The molecule has 0 spiro atoms. The van der Waals surface area contributed by atoms with Gasteiger partial charge in [-0.2, -0.15) is 0 Å². The molecular formula is C44H25NS. The Bertz CT molecular complexity index is 2870. The molecule has 1 aliphatic carbocycles. The fourth-order valence-electron chi connectivity index (χ4n) is 8.13. The second-order valence-corrected chi connectivity index (χ2v) is 13.5. The second kappa shape index (κ2) is 8.94. The van der Waals surface area contributed by atoms with Crippen LogP contribution in [0.4, 0.5) is 0 Å². The van der Waals surface area contributed by atoms with Crippen molar-refractivity contribution in [3.8, 4) is 39.1 Å². The predicted molar refractivity (Wildman–Crippen MR) is 199 cm³/mol. The maximum Gasteiger partial charge on any atom is 0.0548 e. The van der Waals surface area contributed by atoms with Crippen molar-refractivity contribution in [2.45, 2.75) is 0 Å². The van der Waals surface area contributed by atoms with Gasteiger partial charge in [-0.05, 0) is 91.3 Å². The molecule has 46 heavy (non-hydrogen) atoms. The van der Waals surface area contributed by atoms with Gasteiger partial charge in [-0.1, -0.05) is 115 Å². The highest BCUT2D eigenvalue weighted by atomic mass is 32.1. The molecule has 0 fully saturated rings. The molecule has 0 N–H and O–H groups in total. The van der Waals surface area contributed by atoms with E-state index >= 15 is 0 Å². The minimum atomic E-state index is 1.18. The van der Waals surface area contributed by atoms with E-state index in [1.807, 2.05) is 11.3 Å². The Morgan fingerprint density at radius 1 is 0.370 bits per heavy atom. The van der Waals surface area contributed by atoms with Crippen molar-refractivity contribution in [3.63, 3.8) is 0 Å². The van der Waals surface area contributed by atoms with Gasteiger partial charge in [0.15, 0.2) is 0 Å². The summed E-state index contributed by atoms with van der Waals surface area (Å²) in [5.41, 5.74) is 11.5. The van der Waals surface area contributed by atoms with Crippen molar-refractivity contribution in [1.82, 2.24) is 4.57 Å². The zero-order chi connectivity index (χ0) is 29.9. The summed E-state index contributed by atoms with van der Waals surface area (Å²) in [7, 11) is 0. The molecule has 1 aliphatic rings. The first-order valence-electron chi connectivity index (χ1n) is 15.9. The van der Waals surface area contributed by atoms with E-state index in [-0.39, 0.29) is 0 Å². The van der Waals surface area contributed by atoms with Crippen LogP contribution in [0, 0.1) is 0 Å². The van der Waals surface area contributed by atoms with Gasteiger partial charge in [0.2, 0.25) is 0 Å². The third-order valence-corrected chi connectivity index (χ3v) is 11.3. The van der Waals surface area contributed by atoms with Crippen LogP contribution >= 0.6 is 11.3 Å². The first-order chi connectivity index (χ1) is 22.8. The van der Waals surface area contributed by atoms with E-state index in [1.54, 1.807) is 0 Å². The van der Waals surface area contributed by atoms with Crippen molar-refractivity contribution in [3.05, 3.63) is 152 Å². The van der Waals surface area contributed by atoms with Crippen LogP contribution in [0.2, 0.25) is 0 Å². The molecule has 0 saturated carbocycles. The second-order valence-electron chi connectivity index (χ2n) is 12.5. The Labute approximate surface area is 269 Å². The van der Waals surface area contributed by atoms with Crippen molar-refractivity contribution in [2.24, 2.45) is 0 Å². The summed E-state index contributed by atoms with van der Waals surface area (Å²) in [4.78, 5) is 0. The lowest BCUT2D eigenvalue weighted by molar-refractivity contribution is 1.18. The van der Waals surface area contributed by atoms with E-state index in [0.29, 0.717) is 0 Å². The summed E-state index contributed by atoms with van der Waals surface area (Å²) in [5.74, 6) is 0. The van der Waals surface area contributed by atoms with Gasteiger partial charge < -0.3 is 4.57 Å². The van der Waals surface area contributed by atoms with Crippen LogP contribution < -0.4 is 0 Å². The molecule has 0 unspecified atom stereocenters. The Balaban J connectivity index is 1.15. The molecule has 212 valence electrons. The SMILES string of the molecule is c1ccc2c(c1)-c1cccc3c(-c4ccc(-n5c6cc7c(cc6c6c8ccccc8ccc65)sc5ccccc57)cc4)ccc-2c13. The van der Waals surface area contributed by atoms with Crippen LogP contribution in [-0.2, 0) is 0 Å². The van der Waals surface area contributed by atoms with Crippen molar-refractivity contribution in [1.29, 1.82) is 0 Å². The van der Waals surface area contributed by atoms with Gasteiger partial charge in [0.05, 0.1) is 11.0 Å². The molecule has 0 amide bonds. The Morgan fingerprint density at radius 2 is 1.07 bits per heavy atom. The van der Waals surface area contributed by atoms with Crippen LogP contribution in [0.25, 0.3) is 103 Å². The lowest BCUT2D eigenvalue weighted by Crippen LogP contribution is -1.94. The largest absolute Gasteiger partial charge is 0.309 e. The Kier molecular flexibility index (Phi) is 4.78. The van der Waals surface area contributed by atoms with Crippen LogP contribution in [0.1, 0.15) is 0 Å². The number of rotatable bonds is 2. The molecule has 0 bridgehead atoms. The van der Waals surface area contributed by atoms with Crippen molar-refractivity contribution in [2.75, 3.05) is 0 Å². The smallest absolute Gasteiger partial charge is 0.0548 e. The van der Waals surface area contributed by atoms with Gasteiger partial charge in [-0.15, -0.1) is 11.3 Å². The van der Waals surface area contributed by atoms with Crippen LogP contribution in [0.15, 0.2) is 152 Å². The number of thiophene rings is 1. The van der Waals surface area contributed by atoms with E-state index in [9.17, 15) is 0 Å². The predicted octanol–water partition coefficient (Wildman–Crippen LogP) is 12.8. The van der Waals surface area contributed by atoms with Gasteiger partial charge >= 0.3 is 0 Å². The third kappa shape index (κ3) is 3.19. The van der Waals surface area contributed by atoms with Crippen molar-refractivity contribution < 1.29 is 0 Å². The molecule has 0 aliphatic heterocycles. The Morgan fingerprint density at radius 3 is 1.93 bits per heavy atom. The molecule has 1 nitrogen and oxygen atoms in total. The molecule has 2 aromatic heterocycles. The quantitative estimate of drug-likeness (QED) is 0.186. The van der Waals surface area contributed by atoms with Gasteiger partial charge in [0.25, 0.3) is 0 Å². The van der Waals surface area contributed by atoms with E-state index in [2.05, 4.69) is 156 Å². The molecule has 2 heterocycles. The zero-order valence-corrected chi connectivity index (χ0v) is 25.6. The average Bonchev–Trinajstić information content (AvgIpc) is 3.76. The average molecular weight is 600 g/mol. The fourth-order valence-corrected chi connectivity index (χ4v) is 9.26. The number of aromatic nitrogens is 1. The number of benzene rings is 8. The number of fused-ring (bicyclic) bond motifs is 11. The summed E-state index contributed by atoms with van der Waals surface area (Å²) < 4.78 is 5.14. The van der Waals surface area contributed by atoms with E-state index in [4.69, 9.17) is 0 Å². The maximum absolute atomic E-state index is 2.47. The molecule has 0 atom stereocenters. The van der Waals surface area contributed by atoms with Gasteiger partial charge in [-0.3, -0.25) is 0 Å². The summed E-state index contributed by atoms with van der Waals surface area (Å²) in [6.45, 7) is 0. The van der Waals surface area contributed by atoms with E-state index in [1.165, 1.54) is 103 Å². The van der Waals surface area contributed by atoms with Gasteiger partial charge in [0, 0.05) is 36.6 Å². The molecule has 11 rings (SSSR count). The monoisotopic (exact) mass is 599 g/mol. The van der Waals surface area contributed by atoms with Crippen LogP contribution in [0.3, 0.4) is 0 Å². The highest BCUT2D eigenvalue weighted by Gasteiger charge is 2.22. The summed E-state index contributed by atoms with van der Waals surface area (Å²) in [6.07, 6.45) is 0. The first kappa shape index (κ1) is 24.6. The minimum absolute atomic E-state index is 1.18. The Hall–Kier alpha value is -5.70. The molecule has 0 radical (unpaired) electrons. The molecule has 10 aromatic rings. The van der Waals surface area contributed by atoms with Crippen LogP contribution in [0.5, 0.6) is 0 Å². The summed E-state index contributed by atoms with van der Waals surface area (Å²) >= 11 is 1.89.